The van der Waals surface area contributed by atoms with E-state index in [1.54, 1.807) is 4.68 Å². The Balaban J connectivity index is 1.58. The largest absolute Gasteiger partial charge is 0.463 e. The lowest BCUT2D eigenvalue weighted by Gasteiger charge is -1.98. The van der Waals surface area contributed by atoms with Crippen LogP contribution in [0.25, 0.3) is 5.65 Å². The minimum Gasteiger partial charge on any atom is -0.463 e. The summed E-state index contributed by atoms with van der Waals surface area (Å²) in [5.74, 6) is 0.235. The molecule has 3 heterocycles. The van der Waals surface area contributed by atoms with E-state index in [4.69, 9.17) is 0 Å². The molecule has 0 spiro atoms. The summed E-state index contributed by atoms with van der Waals surface area (Å²) >= 11 is 0. The quantitative estimate of drug-likeness (QED) is 0.684. The number of imidazole rings is 1. The van der Waals surface area contributed by atoms with Gasteiger partial charge in [0.1, 0.15) is 12.0 Å². The first-order valence-corrected chi connectivity index (χ1v) is 7.18. The molecule has 112 valence electrons. The number of fused-ring (bicyclic) bond motifs is 1. The molecule has 0 saturated heterocycles. The van der Waals surface area contributed by atoms with Gasteiger partial charge in [-0.1, -0.05) is 6.07 Å². The van der Waals surface area contributed by atoms with Gasteiger partial charge in [-0.25, -0.2) is 19.4 Å². The average molecular weight is 297 g/mol. The minimum atomic E-state index is -0.539. The number of carbonyl (C=O) groups is 1. The van der Waals surface area contributed by atoms with Crippen LogP contribution in [-0.4, -0.2) is 37.2 Å². The number of esters is 1. The third kappa shape index (κ3) is 2.34. The number of nitrogens with zero attached hydrogens (tertiary/aromatic N) is 5. The van der Waals surface area contributed by atoms with Crippen LogP contribution in [0.2, 0.25) is 0 Å². The zero-order valence-electron chi connectivity index (χ0n) is 12.1. The number of carbonyl (C=O) groups excluding carboxylic acids is 1. The predicted octanol–water partition coefficient (Wildman–Crippen LogP) is 1.64. The molecule has 0 atom stereocenters. The van der Waals surface area contributed by atoms with Crippen molar-refractivity contribution in [2.45, 2.75) is 25.3 Å². The summed E-state index contributed by atoms with van der Waals surface area (Å²) in [6.07, 6.45) is 8.20. The smallest absolute Gasteiger partial charge is 0.377 e. The molecule has 0 aromatic carbocycles. The first-order valence-electron chi connectivity index (χ1n) is 7.18. The Kier molecular flexibility index (Phi) is 2.92. The van der Waals surface area contributed by atoms with Gasteiger partial charge >= 0.3 is 5.97 Å². The second-order valence-corrected chi connectivity index (χ2v) is 5.49. The SMILES string of the molecule is COC(=O)c1ncn(Cc2cn3cc(C4CC4)ccc3n2)n1. The molecule has 1 aliphatic carbocycles. The molecule has 1 saturated carbocycles. The lowest BCUT2D eigenvalue weighted by atomic mass is 10.2. The molecule has 22 heavy (non-hydrogen) atoms. The van der Waals surface area contributed by atoms with E-state index < -0.39 is 5.97 Å². The van der Waals surface area contributed by atoms with Crippen molar-refractivity contribution in [2.75, 3.05) is 7.11 Å². The first kappa shape index (κ1) is 13.0. The number of pyridine rings is 1. The molecule has 3 aromatic rings. The number of ether oxygens (including phenoxy) is 1. The van der Waals surface area contributed by atoms with E-state index in [1.165, 1.54) is 31.8 Å². The molecule has 0 unspecified atom stereocenters. The van der Waals surface area contributed by atoms with Gasteiger partial charge in [0.25, 0.3) is 5.82 Å². The normalized spacial score (nSPS) is 14.4. The number of hydrogen-bond donors (Lipinski definition) is 0. The molecule has 4 rings (SSSR count). The Morgan fingerprint density at radius 3 is 3.00 bits per heavy atom. The molecule has 1 aliphatic rings. The third-order valence-electron chi connectivity index (χ3n) is 3.80. The maximum atomic E-state index is 11.3. The molecule has 0 bridgehead atoms. The Bertz CT molecular complexity index is 847. The van der Waals surface area contributed by atoms with E-state index in [0.717, 1.165) is 11.3 Å². The Labute approximate surface area is 126 Å². The first-order chi connectivity index (χ1) is 10.7. The average Bonchev–Trinajstić information content (AvgIpc) is 3.15. The maximum Gasteiger partial charge on any atom is 0.377 e. The monoisotopic (exact) mass is 297 g/mol. The van der Waals surface area contributed by atoms with Crippen LogP contribution in [0.15, 0.2) is 30.9 Å². The molecule has 7 nitrogen and oxygen atoms in total. The maximum absolute atomic E-state index is 11.3. The zero-order valence-corrected chi connectivity index (χ0v) is 12.1. The lowest BCUT2D eigenvalue weighted by molar-refractivity contribution is 0.0586. The molecule has 3 aromatic heterocycles. The van der Waals surface area contributed by atoms with Crippen molar-refractivity contribution in [1.29, 1.82) is 0 Å². The van der Waals surface area contributed by atoms with Gasteiger partial charge in [-0.3, -0.25) is 0 Å². The van der Waals surface area contributed by atoms with Gasteiger partial charge in [0, 0.05) is 12.4 Å². The zero-order chi connectivity index (χ0) is 15.1. The molecule has 0 N–H and O–H groups in total. The predicted molar refractivity (Wildman–Crippen MR) is 77.6 cm³/mol. The van der Waals surface area contributed by atoms with E-state index >= 15 is 0 Å². The van der Waals surface area contributed by atoms with Crippen molar-refractivity contribution in [1.82, 2.24) is 24.1 Å². The summed E-state index contributed by atoms with van der Waals surface area (Å²) in [5.41, 5.74) is 3.15. The fourth-order valence-corrected chi connectivity index (χ4v) is 2.52. The molecule has 0 amide bonds. The fourth-order valence-electron chi connectivity index (χ4n) is 2.52. The van der Waals surface area contributed by atoms with Crippen LogP contribution in [-0.2, 0) is 11.3 Å². The summed E-state index contributed by atoms with van der Waals surface area (Å²) in [7, 11) is 1.31. The molecular weight excluding hydrogens is 282 g/mol. The topological polar surface area (TPSA) is 74.3 Å². The van der Waals surface area contributed by atoms with Crippen LogP contribution in [0, 0.1) is 0 Å². The molecule has 7 heteroatoms. The van der Waals surface area contributed by atoms with Gasteiger partial charge in [-0.05, 0) is 30.4 Å². The van der Waals surface area contributed by atoms with E-state index in [-0.39, 0.29) is 5.82 Å². The van der Waals surface area contributed by atoms with Crippen molar-refractivity contribution in [3.8, 4) is 0 Å². The van der Waals surface area contributed by atoms with Gasteiger partial charge in [-0.2, -0.15) is 0 Å². The summed E-state index contributed by atoms with van der Waals surface area (Å²) in [4.78, 5) is 19.8. The Hall–Kier alpha value is -2.70. The van der Waals surface area contributed by atoms with Gasteiger partial charge in [0.2, 0.25) is 0 Å². The summed E-state index contributed by atoms with van der Waals surface area (Å²) in [6, 6.07) is 4.19. The van der Waals surface area contributed by atoms with Crippen LogP contribution in [0.1, 0.15) is 40.6 Å². The van der Waals surface area contributed by atoms with Gasteiger partial charge < -0.3 is 9.14 Å². The summed E-state index contributed by atoms with van der Waals surface area (Å²) < 4.78 is 8.21. The molecule has 0 aliphatic heterocycles. The second kappa shape index (κ2) is 4.94. The highest BCUT2D eigenvalue weighted by Crippen LogP contribution is 2.39. The van der Waals surface area contributed by atoms with Crippen molar-refractivity contribution < 1.29 is 9.53 Å². The van der Waals surface area contributed by atoms with Crippen LogP contribution < -0.4 is 0 Å². The summed E-state index contributed by atoms with van der Waals surface area (Å²) in [6.45, 7) is 0.463. The van der Waals surface area contributed by atoms with Gasteiger partial charge in [0.05, 0.1) is 19.3 Å². The van der Waals surface area contributed by atoms with Crippen molar-refractivity contribution in [3.63, 3.8) is 0 Å². The Morgan fingerprint density at radius 2 is 2.23 bits per heavy atom. The highest BCUT2D eigenvalue weighted by Gasteiger charge is 2.23. The number of rotatable bonds is 4. The molecule has 1 fully saturated rings. The fraction of sp³-hybridized carbons (Fsp3) is 0.333. The minimum absolute atomic E-state index is 0.0577. The van der Waals surface area contributed by atoms with Gasteiger partial charge in [-0.15, -0.1) is 5.10 Å². The Morgan fingerprint density at radius 1 is 1.36 bits per heavy atom. The summed E-state index contributed by atoms with van der Waals surface area (Å²) in [5, 5.41) is 4.08. The highest BCUT2D eigenvalue weighted by molar-refractivity contribution is 5.84. The molecule has 0 radical (unpaired) electrons. The van der Waals surface area contributed by atoms with Crippen LogP contribution in [0.5, 0.6) is 0 Å². The standard InChI is InChI=1S/C15H15N5O2/c1-22-15(21)14-16-9-20(18-14)8-12-7-19-6-11(10-2-3-10)4-5-13(19)17-12/h4-7,9-10H,2-3,8H2,1H3. The highest BCUT2D eigenvalue weighted by atomic mass is 16.5. The number of hydrogen-bond acceptors (Lipinski definition) is 5. The van der Waals surface area contributed by atoms with Crippen LogP contribution in [0.3, 0.4) is 0 Å². The van der Waals surface area contributed by atoms with E-state index in [0.29, 0.717) is 12.5 Å². The van der Waals surface area contributed by atoms with E-state index in [1.807, 2.05) is 16.7 Å². The lowest BCUT2D eigenvalue weighted by Crippen LogP contribution is -2.06. The van der Waals surface area contributed by atoms with Crippen LogP contribution >= 0.6 is 0 Å². The third-order valence-corrected chi connectivity index (χ3v) is 3.80. The second-order valence-electron chi connectivity index (χ2n) is 5.49. The van der Waals surface area contributed by atoms with Crippen molar-refractivity contribution >= 4 is 11.6 Å². The van der Waals surface area contributed by atoms with Crippen molar-refractivity contribution in [3.05, 3.63) is 47.9 Å². The van der Waals surface area contributed by atoms with E-state index in [9.17, 15) is 4.79 Å². The number of methoxy groups -OCH3 is 1. The molecular formula is C15H15N5O2. The number of aromatic nitrogens is 5. The van der Waals surface area contributed by atoms with Crippen molar-refractivity contribution in [2.24, 2.45) is 0 Å². The van der Waals surface area contributed by atoms with Gasteiger partial charge in [0.15, 0.2) is 0 Å². The van der Waals surface area contributed by atoms with Crippen LogP contribution in [0.4, 0.5) is 0 Å². The van der Waals surface area contributed by atoms with E-state index in [2.05, 4.69) is 32.1 Å².